The van der Waals surface area contributed by atoms with Crippen LogP contribution in [0.25, 0.3) is 22.3 Å². The summed E-state index contributed by atoms with van der Waals surface area (Å²) in [6.45, 7) is 6.27. The molecule has 0 bridgehead atoms. The molecule has 0 saturated heterocycles. The van der Waals surface area contributed by atoms with Crippen molar-refractivity contribution >= 4 is 44.6 Å². The monoisotopic (exact) mass is 647 g/mol. The summed E-state index contributed by atoms with van der Waals surface area (Å²) in [5.74, 6) is 1.46. The van der Waals surface area contributed by atoms with Crippen molar-refractivity contribution in [2.45, 2.75) is 33.3 Å². The Morgan fingerprint density at radius 1 is 1.10 bits per heavy atom. The van der Waals surface area contributed by atoms with Crippen molar-refractivity contribution in [2.24, 2.45) is 5.10 Å². The second-order valence-corrected chi connectivity index (χ2v) is 11.4. The van der Waals surface area contributed by atoms with Crippen LogP contribution in [0.5, 0.6) is 11.5 Å². The number of ether oxygens (including phenoxy) is 2. The Kier molecular flexibility index (Phi) is 8.75. The number of methoxy groups -OCH3 is 1. The van der Waals surface area contributed by atoms with Gasteiger partial charge >= 0.3 is 0 Å². The fraction of sp³-hybridized carbons (Fsp3) is 0.182. The topological polar surface area (TPSA) is 65.7 Å². The fourth-order valence-corrected chi connectivity index (χ4v) is 5.66. The van der Waals surface area contributed by atoms with Gasteiger partial charge in [-0.05, 0) is 99.6 Å². The SMILES string of the molecule is COc1cc(C)c(-c2nc3ccccc3c(=O)n2N=Cc2cc(Cl)c(OCc3cccc(F)c3)c(Br)c2)cc1C(C)C. The molecule has 0 spiro atoms. The van der Waals surface area contributed by atoms with Crippen LogP contribution in [0.4, 0.5) is 4.39 Å². The molecule has 0 radical (unpaired) electrons. The van der Waals surface area contributed by atoms with Gasteiger partial charge in [0.05, 0.1) is 33.7 Å². The van der Waals surface area contributed by atoms with Crippen molar-refractivity contribution < 1.29 is 13.9 Å². The van der Waals surface area contributed by atoms with Crippen molar-refractivity contribution in [3.05, 3.63) is 121 Å². The van der Waals surface area contributed by atoms with Crippen LogP contribution in [0, 0.1) is 12.7 Å². The summed E-state index contributed by atoms with van der Waals surface area (Å²) in [6.07, 6.45) is 1.55. The molecule has 5 aromatic rings. The maximum atomic E-state index is 13.7. The summed E-state index contributed by atoms with van der Waals surface area (Å²) in [6, 6.07) is 20.8. The highest BCUT2D eigenvalue weighted by molar-refractivity contribution is 9.10. The Morgan fingerprint density at radius 3 is 2.60 bits per heavy atom. The zero-order chi connectivity index (χ0) is 30.0. The molecule has 9 heteroatoms. The predicted molar refractivity (Wildman–Crippen MR) is 170 cm³/mol. The lowest BCUT2D eigenvalue weighted by Crippen LogP contribution is -2.20. The number of nitrogens with zero attached hydrogens (tertiary/aromatic N) is 3. The lowest BCUT2D eigenvalue weighted by Gasteiger charge is -2.17. The molecule has 0 aliphatic rings. The number of hydrogen-bond acceptors (Lipinski definition) is 5. The first-order valence-electron chi connectivity index (χ1n) is 13.3. The van der Waals surface area contributed by atoms with Gasteiger partial charge in [0, 0.05) is 5.56 Å². The third-order valence-electron chi connectivity index (χ3n) is 6.81. The van der Waals surface area contributed by atoms with E-state index in [1.54, 1.807) is 49.7 Å². The van der Waals surface area contributed by atoms with Crippen molar-refractivity contribution in [1.82, 2.24) is 9.66 Å². The lowest BCUT2D eigenvalue weighted by atomic mass is 9.96. The molecule has 0 saturated carbocycles. The Hall–Kier alpha value is -4.01. The molecule has 6 nitrogen and oxygen atoms in total. The van der Waals surface area contributed by atoms with Gasteiger partial charge in [0.2, 0.25) is 0 Å². The maximum Gasteiger partial charge on any atom is 0.282 e. The second-order valence-electron chi connectivity index (χ2n) is 10.1. The van der Waals surface area contributed by atoms with Crippen molar-refractivity contribution in [1.29, 1.82) is 0 Å². The first-order chi connectivity index (χ1) is 20.2. The Labute approximate surface area is 256 Å². The Bertz CT molecular complexity index is 1860. The smallest absolute Gasteiger partial charge is 0.282 e. The molecule has 4 aromatic carbocycles. The van der Waals surface area contributed by atoms with Gasteiger partial charge in [0.25, 0.3) is 5.56 Å². The largest absolute Gasteiger partial charge is 0.496 e. The van der Waals surface area contributed by atoms with Crippen LogP contribution >= 0.6 is 27.5 Å². The Morgan fingerprint density at radius 2 is 1.88 bits per heavy atom. The average molecular weight is 649 g/mol. The minimum Gasteiger partial charge on any atom is -0.496 e. The molecule has 0 atom stereocenters. The summed E-state index contributed by atoms with van der Waals surface area (Å²) in [4.78, 5) is 18.6. The van der Waals surface area contributed by atoms with Gasteiger partial charge in [-0.15, -0.1) is 0 Å². The molecule has 0 amide bonds. The molecular weight excluding hydrogens is 621 g/mol. The van der Waals surface area contributed by atoms with E-state index < -0.39 is 0 Å². The van der Waals surface area contributed by atoms with Gasteiger partial charge in [-0.2, -0.15) is 9.78 Å². The van der Waals surface area contributed by atoms with E-state index in [1.807, 2.05) is 31.2 Å². The number of aromatic nitrogens is 2. The van der Waals surface area contributed by atoms with E-state index in [0.717, 1.165) is 22.4 Å². The number of fused-ring (bicyclic) bond motifs is 1. The normalized spacial score (nSPS) is 11.5. The van der Waals surface area contributed by atoms with E-state index in [1.165, 1.54) is 16.8 Å². The van der Waals surface area contributed by atoms with Crippen molar-refractivity contribution in [3.8, 4) is 22.9 Å². The summed E-state index contributed by atoms with van der Waals surface area (Å²) >= 11 is 10.1. The fourth-order valence-electron chi connectivity index (χ4n) is 4.67. The summed E-state index contributed by atoms with van der Waals surface area (Å²) in [5, 5.41) is 5.38. The highest BCUT2D eigenvalue weighted by Gasteiger charge is 2.18. The molecular formula is C33H28BrClFN3O3. The minimum atomic E-state index is -0.337. The van der Waals surface area contributed by atoms with Crippen molar-refractivity contribution in [2.75, 3.05) is 7.11 Å². The standard InChI is InChI=1S/C33H28BrClFN3O3/c1-19(2)25-16-26(20(3)12-30(25)41-4)32-38-29-11-6-5-10-24(29)33(40)39(32)37-17-22-14-27(34)31(28(35)15-22)42-18-21-8-7-9-23(36)13-21/h5-17,19H,18H2,1-4H3. The van der Waals surface area contributed by atoms with Gasteiger partial charge < -0.3 is 9.47 Å². The van der Waals surface area contributed by atoms with Crippen LogP contribution in [0.2, 0.25) is 5.02 Å². The van der Waals surface area contributed by atoms with Crippen LogP contribution in [0.3, 0.4) is 0 Å². The van der Waals surface area contributed by atoms with Gasteiger partial charge in [0.15, 0.2) is 11.6 Å². The molecule has 0 aliphatic heterocycles. The average Bonchev–Trinajstić information content (AvgIpc) is 2.96. The minimum absolute atomic E-state index is 0.143. The molecule has 1 aromatic heterocycles. The molecule has 0 unspecified atom stereocenters. The number of benzene rings is 4. The summed E-state index contributed by atoms with van der Waals surface area (Å²) < 4.78 is 26.9. The number of aryl methyl sites for hydroxylation is 1. The van der Waals surface area contributed by atoms with Crippen LogP contribution in [0.15, 0.2) is 87.2 Å². The quantitative estimate of drug-likeness (QED) is 0.158. The maximum absolute atomic E-state index is 13.7. The van der Waals surface area contributed by atoms with E-state index in [4.69, 9.17) is 26.1 Å². The van der Waals surface area contributed by atoms with Crippen LogP contribution in [-0.2, 0) is 6.61 Å². The zero-order valence-corrected chi connectivity index (χ0v) is 25.8. The van der Waals surface area contributed by atoms with Gasteiger partial charge in [0.1, 0.15) is 18.2 Å². The lowest BCUT2D eigenvalue weighted by molar-refractivity contribution is 0.304. The zero-order valence-electron chi connectivity index (χ0n) is 23.5. The first-order valence-corrected chi connectivity index (χ1v) is 14.4. The summed E-state index contributed by atoms with van der Waals surface area (Å²) in [7, 11) is 1.65. The molecule has 5 rings (SSSR count). The third-order valence-corrected chi connectivity index (χ3v) is 7.68. The third kappa shape index (κ3) is 6.10. The van der Waals surface area contributed by atoms with E-state index in [-0.39, 0.29) is 23.9 Å². The highest BCUT2D eigenvalue weighted by atomic mass is 79.9. The Balaban J connectivity index is 1.57. The predicted octanol–water partition coefficient (Wildman–Crippen LogP) is 8.52. The van der Waals surface area contributed by atoms with Crippen LogP contribution in [0.1, 0.15) is 42.0 Å². The molecule has 42 heavy (non-hydrogen) atoms. The number of para-hydroxylation sites is 1. The molecule has 0 aliphatic carbocycles. The van der Waals surface area contributed by atoms with E-state index >= 15 is 0 Å². The van der Waals surface area contributed by atoms with Crippen LogP contribution < -0.4 is 15.0 Å². The second kappa shape index (κ2) is 12.5. The molecule has 214 valence electrons. The van der Waals surface area contributed by atoms with Gasteiger partial charge in [-0.25, -0.2) is 9.37 Å². The molecule has 0 fully saturated rings. The van der Waals surface area contributed by atoms with Gasteiger partial charge in [-0.1, -0.05) is 49.7 Å². The summed E-state index contributed by atoms with van der Waals surface area (Å²) in [5.41, 5.74) is 4.26. The van der Waals surface area contributed by atoms with E-state index in [0.29, 0.717) is 43.1 Å². The number of halogens is 3. The highest BCUT2D eigenvalue weighted by Crippen LogP contribution is 2.36. The van der Waals surface area contributed by atoms with Crippen molar-refractivity contribution in [3.63, 3.8) is 0 Å². The first kappa shape index (κ1) is 29.5. The molecule has 1 heterocycles. The van der Waals surface area contributed by atoms with Gasteiger partial charge in [-0.3, -0.25) is 4.79 Å². The van der Waals surface area contributed by atoms with Crippen LogP contribution in [-0.4, -0.2) is 23.0 Å². The molecule has 0 N–H and O–H groups in total. The van der Waals surface area contributed by atoms with E-state index in [9.17, 15) is 9.18 Å². The number of rotatable bonds is 8. The number of hydrogen-bond donors (Lipinski definition) is 0. The van der Waals surface area contributed by atoms with E-state index in [2.05, 4.69) is 34.9 Å².